The molecule has 2 N–H and O–H groups in total. The topological polar surface area (TPSA) is 63.1 Å². The predicted molar refractivity (Wildman–Crippen MR) is 102 cm³/mol. The van der Waals surface area contributed by atoms with Gasteiger partial charge in [-0.25, -0.2) is 4.39 Å². The molecule has 0 aliphatic carbocycles. The van der Waals surface area contributed by atoms with Crippen LogP contribution in [0.25, 0.3) is 0 Å². The van der Waals surface area contributed by atoms with Crippen LogP contribution < -0.4 is 10.2 Å². The minimum Gasteiger partial charge on any atom is -0.364 e. The fourth-order valence-corrected chi connectivity index (χ4v) is 3.42. The molecule has 1 aromatic carbocycles. The number of carbonyl (C=O) groups excluding carboxylic acids is 2. The number of hydrogen-bond acceptors (Lipinski definition) is 3. The first-order valence-electron chi connectivity index (χ1n) is 9.39. The van der Waals surface area contributed by atoms with E-state index in [4.69, 9.17) is 4.74 Å². The molecule has 1 aliphatic heterocycles. The molecule has 1 fully saturated rings. The molecule has 6 nitrogen and oxygen atoms in total. The number of anilines is 1. The van der Waals surface area contributed by atoms with E-state index in [-0.39, 0.29) is 36.4 Å². The van der Waals surface area contributed by atoms with Crippen LogP contribution in [0.3, 0.4) is 0 Å². The van der Waals surface area contributed by atoms with E-state index >= 15 is 0 Å². The molecule has 2 amide bonds. The summed E-state index contributed by atoms with van der Waals surface area (Å²) < 4.78 is 18.7. The molecule has 0 saturated carbocycles. The molecule has 1 aliphatic rings. The summed E-state index contributed by atoms with van der Waals surface area (Å²) in [6.07, 6.45) is 0.225. The average Bonchev–Trinajstić information content (AvgIpc) is 2.52. The lowest BCUT2D eigenvalue weighted by Gasteiger charge is -2.37. The molecular weight excluding hydrogens is 349 g/mol. The Bertz CT molecular complexity index is 647. The first-order chi connectivity index (χ1) is 12.5. The Kier molecular flexibility index (Phi) is 6.95. The molecule has 0 aromatic heterocycles. The van der Waals surface area contributed by atoms with Gasteiger partial charge in [-0.2, -0.15) is 0 Å². The molecule has 2 rings (SSSR count). The van der Waals surface area contributed by atoms with E-state index in [1.54, 1.807) is 4.90 Å². The Morgan fingerprint density at radius 2 is 1.74 bits per heavy atom. The van der Waals surface area contributed by atoms with Gasteiger partial charge in [0, 0.05) is 11.2 Å². The maximum absolute atomic E-state index is 13.0. The van der Waals surface area contributed by atoms with Gasteiger partial charge in [0.2, 0.25) is 5.91 Å². The molecule has 0 bridgehead atoms. The van der Waals surface area contributed by atoms with Crippen LogP contribution in [0, 0.1) is 5.82 Å². The summed E-state index contributed by atoms with van der Waals surface area (Å²) in [5.74, 6) is -0.729. The van der Waals surface area contributed by atoms with E-state index in [2.05, 4.69) is 5.32 Å². The van der Waals surface area contributed by atoms with Crippen molar-refractivity contribution in [2.24, 2.45) is 0 Å². The maximum Gasteiger partial charge on any atom is 0.278 e. The second-order valence-electron chi connectivity index (χ2n) is 8.30. The maximum atomic E-state index is 13.0. The van der Waals surface area contributed by atoms with Crippen molar-refractivity contribution in [2.75, 3.05) is 31.5 Å². The number of ether oxygens (including phenoxy) is 1. The second-order valence-corrected chi connectivity index (χ2v) is 8.30. The van der Waals surface area contributed by atoms with Gasteiger partial charge in [-0.1, -0.05) is 0 Å². The summed E-state index contributed by atoms with van der Waals surface area (Å²) in [7, 11) is 0. The minimum atomic E-state index is -0.486. The second kappa shape index (κ2) is 8.80. The summed E-state index contributed by atoms with van der Waals surface area (Å²) in [5, 5.41) is 2.72. The van der Waals surface area contributed by atoms with Crippen LogP contribution in [-0.4, -0.2) is 60.6 Å². The van der Waals surface area contributed by atoms with Crippen molar-refractivity contribution >= 4 is 17.5 Å². The van der Waals surface area contributed by atoms with E-state index in [0.717, 1.165) is 13.1 Å². The van der Waals surface area contributed by atoms with Gasteiger partial charge in [0.1, 0.15) is 37.7 Å². The molecule has 0 radical (unpaired) electrons. The van der Waals surface area contributed by atoms with E-state index in [1.165, 1.54) is 29.2 Å². The third-order valence-electron chi connectivity index (χ3n) is 4.56. The monoisotopic (exact) mass is 380 g/mol. The lowest BCUT2D eigenvalue weighted by molar-refractivity contribution is -0.907. The number of nitrogens with zero attached hydrogens (tertiary/aromatic N) is 1. The zero-order valence-corrected chi connectivity index (χ0v) is 16.8. The van der Waals surface area contributed by atoms with Crippen LogP contribution in [0.4, 0.5) is 10.1 Å². The highest BCUT2D eigenvalue weighted by Gasteiger charge is 2.33. The molecule has 27 heavy (non-hydrogen) atoms. The SMILES string of the molecule is C[C@@H]1C[NH+](CC(=O)N(CC(=O)Nc2ccc(F)cc2)C(C)(C)C)C[C@@H](C)O1. The van der Waals surface area contributed by atoms with Crippen molar-refractivity contribution < 1.29 is 23.6 Å². The van der Waals surface area contributed by atoms with Crippen LogP contribution in [0.2, 0.25) is 0 Å². The highest BCUT2D eigenvalue weighted by Crippen LogP contribution is 2.14. The van der Waals surface area contributed by atoms with Crippen molar-refractivity contribution in [1.82, 2.24) is 4.90 Å². The van der Waals surface area contributed by atoms with E-state index in [0.29, 0.717) is 12.2 Å². The van der Waals surface area contributed by atoms with Gasteiger partial charge in [-0.05, 0) is 58.9 Å². The molecule has 1 aromatic rings. The van der Waals surface area contributed by atoms with Crippen molar-refractivity contribution in [3.63, 3.8) is 0 Å². The summed E-state index contributed by atoms with van der Waals surface area (Å²) >= 11 is 0. The number of benzene rings is 1. The van der Waals surface area contributed by atoms with Crippen LogP contribution >= 0.6 is 0 Å². The van der Waals surface area contributed by atoms with Crippen LogP contribution in [0.1, 0.15) is 34.6 Å². The third kappa shape index (κ3) is 6.59. The van der Waals surface area contributed by atoms with Gasteiger partial charge in [-0.3, -0.25) is 9.59 Å². The first kappa shape index (κ1) is 21.3. The highest BCUT2D eigenvalue weighted by molar-refractivity contribution is 5.94. The molecule has 7 heteroatoms. The molecule has 2 atom stereocenters. The predicted octanol–water partition coefficient (Wildman–Crippen LogP) is 1.08. The number of morpholine rings is 1. The first-order valence-corrected chi connectivity index (χ1v) is 9.39. The Balaban J connectivity index is 2.00. The Labute approximate surface area is 160 Å². The van der Waals surface area contributed by atoms with E-state index in [9.17, 15) is 14.0 Å². The van der Waals surface area contributed by atoms with E-state index in [1.807, 2.05) is 34.6 Å². The number of carbonyl (C=O) groups is 2. The van der Waals surface area contributed by atoms with E-state index < -0.39 is 5.54 Å². The van der Waals surface area contributed by atoms with Gasteiger partial charge in [0.05, 0.1) is 0 Å². The zero-order chi connectivity index (χ0) is 20.2. The molecule has 0 unspecified atom stereocenters. The van der Waals surface area contributed by atoms with Gasteiger partial charge < -0.3 is 19.9 Å². The van der Waals surface area contributed by atoms with Gasteiger partial charge >= 0.3 is 0 Å². The van der Waals surface area contributed by atoms with Gasteiger partial charge in [0.25, 0.3) is 5.91 Å². The molecule has 150 valence electrons. The fraction of sp³-hybridized carbons (Fsp3) is 0.600. The smallest absolute Gasteiger partial charge is 0.278 e. The van der Waals surface area contributed by atoms with Crippen molar-refractivity contribution in [1.29, 1.82) is 0 Å². The molecule has 1 saturated heterocycles. The minimum absolute atomic E-state index is 0.0470. The third-order valence-corrected chi connectivity index (χ3v) is 4.56. The summed E-state index contributed by atoms with van der Waals surface area (Å²) in [6.45, 7) is 11.6. The Morgan fingerprint density at radius 1 is 1.19 bits per heavy atom. The van der Waals surface area contributed by atoms with Crippen LogP contribution in [0.15, 0.2) is 24.3 Å². The van der Waals surface area contributed by atoms with Crippen molar-refractivity contribution in [2.45, 2.75) is 52.4 Å². The standard InChI is InChI=1S/C20H30FN3O3/c1-14-10-23(11-15(2)27-14)13-19(26)24(20(3,4)5)12-18(25)22-17-8-6-16(21)7-9-17/h6-9,14-15H,10-13H2,1-5H3,(H,22,25)/p+1/t14-,15-/m1/s1. The molecule has 1 heterocycles. The van der Waals surface area contributed by atoms with Gasteiger partial charge in [-0.15, -0.1) is 0 Å². The number of amides is 2. The number of hydrogen-bond donors (Lipinski definition) is 2. The number of rotatable bonds is 5. The normalized spacial score (nSPS) is 23.0. The fourth-order valence-electron chi connectivity index (χ4n) is 3.42. The Morgan fingerprint density at radius 3 is 2.26 bits per heavy atom. The number of halogens is 1. The number of quaternary nitrogens is 1. The highest BCUT2D eigenvalue weighted by atomic mass is 19.1. The van der Waals surface area contributed by atoms with Crippen LogP contribution in [0.5, 0.6) is 0 Å². The van der Waals surface area contributed by atoms with Gasteiger partial charge in [0.15, 0.2) is 6.54 Å². The summed E-state index contributed by atoms with van der Waals surface area (Å²) in [6, 6.07) is 5.56. The average molecular weight is 380 g/mol. The lowest BCUT2D eigenvalue weighted by atomic mass is 10.1. The lowest BCUT2D eigenvalue weighted by Crippen LogP contribution is -3.16. The summed E-state index contributed by atoms with van der Waals surface area (Å²) in [4.78, 5) is 28.1. The zero-order valence-electron chi connectivity index (χ0n) is 16.8. The van der Waals surface area contributed by atoms with Crippen molar-refractivity contribution in [3.05, 3.63) is 30.1 Å². The quantitative estimate of drug-likeness (QED) is 0.804. The Hall–Kier alpha value is -1.99. The largest absolute Gasteiger partial charge is 0.364 e. The molecular formula is C20H31FN3O3+. The number of nitrogens with one attached hydrogen (secondary N) is 2. The van der Waals surface area contributed by atoms with Crippen molar-refractivity contribution in [3.8, 4) is 0 Å². The van der Waals surface area contributed by atoms with Crippen LogP contribution in [-0.2, 0) is 14.3 Å². The molecule has 0 spiro atoms. The summed E-state index contributed by atoms with van der Waals surface area (Å²) in [5.41, 5.74) is 0.0179.